The molecule has 2 aromatic rings. The van der Waals surface area contributed by atoms with E-state index < -0.39 is 16.1 Å². The molecule has 0 heterocycles. The Labute approximate surface area is 137 Å². The number of hydrogen-bond acceptors (Lipinski definition) is 3. The summed E-state index contributed by atoms with van der Waals surface area (Å²) in [5.41, 5.74) is 2.05. The maximum atomic E-state index is 12.5. The molecule has 1 N–H and O–H groups in total. The first-order valence-corrected chi connectivity index (χ1v) is 9.06. The lowest BCUT2D eigenvalue weighted by molar-refractivity contribution is -0.116. The van der Waals surface area contributed by atoms with E-state index in [4.69, 9.17) is 0 Å². The molecule has 23 heavy (non-hydrogen) atoms. The Hall–Kier alpha value is -2.34. The maximum absolute atomic E-state index is 12.5. The Morgan fingerprint density at radius 3 is 2.17 bits per heavy atom. The first-order chi connectivity index (χ1) is 10.8. The van der Waals surface area contributed by atoms with Gasteiger partial charge in [0.05, 0.1) is 11.9 Å². The van der Waals surface area contributed by atoms with Crippen LogP contribution < -0.4 is 9.62 Å². The van der Waals surface area contributed by atoms with Crippen molar-refractivity contribution >= 4 is 27.3 Å². The average molecular weight is 332 g/mol. The fourth-order valence-corrected chi connectivity index (χ4v) is 3.51. The Balaban J connectivity index is 2.29. The molecule has 122 valence electrons. The van der Waals surface area contributed by atoms with Crippen molar-refractivity contribution in [1.82, 2.24) is 0 Å². The van der Waals surface area contributed by atoms with Gasteiger partial charge >= 0.3 is 0 Å². The van der Waals surface area contributed by atoms with E-state index in [1.807, 2.05) is 25.1 Å². The van der Waals surface area contributed by atoms with E-state index in [1.165, 1.54) is 0 Å². The summed E-state index contributed by atoms with van der Waals surface area (Å²) < 4.78 is 25.4. The quantitative estimate of drug-likeness (QED) is 0.915. The van der Waals surface area contributed by atoms with E-state index in [0.29, 0.717) is 11.4 Å². The molecule has 2 aromatic carbocycles. The number of carbonyl (C=O) groups excluding carboxylic acids is 1. The van der Waals surface area contributed by atoms with Crippen molar-refractivity contribution in [1.29, 1.82) is 0 Å². The summed E-state index contributed by atoms with van der Waals surface area (Å²) in [6.07, 6.45) is 1.09. The minimum absolute atomic E-state index is 0.381. The number of sulfonamides is 1. The second kappa shape index (κ2) is 6.83. The first-order valence-electron chi connectivity index (χ1n) is 7.21. The van der Waals surface area contributed by atoms with Crippen LogP contribution >= 0.6 is 0 Å². The van der Waals surface area contributed by atoms with Crippen molar-refractivity contribution in [2.75, 3.05) is 15.9 Å². The second-order valence-electron chi connectivity index (χ2n) is 5.37. The fourth-order valence-electron chi connectivity index (χ4n) is 2.33. The molecule has 0 aliphatic carbocycles. The Kier molecular flexibility index (Phi) is 5.05. The third-order valence-corrected chi connectivity index (χ3v) is 4.74. The molecule has 0 aromatic heterocycles. The molecule has 0 saturated carbocycles. The molecular weight excluding hydrogens is 312 g/mol. The Bertz CT molecular complexity index is 788. The summed E-state index contributed by atoms with van der Waals surface area (Å²) in [6, 6.07) is 15.1. The predicted octanol–water partition coefficient (Wildman–Crippen LogP) is 2.79. The van der Waals surface area contributed by atoms with Crippen molar-refractivity contribution in [3.63, 3.8) is 0 Å². The molecule has 0 aliphatic heterocycles. The van der Waals surface area contributed by atoms with Gasteiger partial charge in [-0.2, -0.15) is 0 Å². The molecule has 0 aliphatic rings. The standard InChI is InChI=1S/C17H20N2O3S/c1-13-9-7-8-12-16(13)18-17(20)14(2)19(23(3,21)22)15-10-5-4-6-11-15/h4-12,14H,1-3H3,(H,18,20)/t14-/m0/s1. The summed E-state index contributed by atoms with van der Waals surface area (Å²) in [5, 5.41) is 2.79. The maximum Gasteiger partial charge on any atom is 0.248 e. The largest absolute Gasteiger partial charge is 0.324 e. The second-order valence-corrected chi connectivity index (χ2v) is 7.23. The number of rotatable bonds is 5. The number of nitrogens with zero attached hydrogens (tertiary/aromatic N) is 1. The van der Waals surface area contributed by atoms with Crippen molar-refractivity contribution < 1.29 is 13.2 Å². The predicted molar refractivity (Wildman–Crippen MR) is 93.0 cm³/mol. The molecule has 0 unspecified atom stereocenters. The normalized spacial score (nSPS) is 12.5. The van der Waals surface area contributed by atoms with Crippen LogP contribution in [0.3, 0.4) is 0 Å². The summed E-state index contributed by atoms with van der Waals surface area (Å²) in [6.45, 7) is 3.45. The monoisotopic (exact) mass is 332 g/mol. The van der Waals surface area contributed by atoms with Gasteiger partial charge in [-0.25, -0.2) is 8.42 Å². The highest BCUT2D eigenvalue weighted by atomic mass is 32.2. The summed E-state index contributed by atoms with van der Waals surface area (Å²) >= 11 is 0. The van der Waals surface area contributed by atoms with E-state index in [1.54, 1.807) is 43.3 Å². The number of amides is 1. The highest BCUT2D eigenvalue weighted by Crippen LogP contribution is 2.21. The van der Waals surface area contributed by atoms with Crippen molar-refractivity contribution in [2.45, 2.75) is 19.9 Å². The minimum Gasteiger partial charge on any atom is -0.324 e. The molecule has 1 amide bonds. The van der Waals surface area contributed by atoms with Gasteiger partial charge in [-0.3, -0.25) is 9.10 Å². The van der Waals surface area contributed by atoms with Crippen LogP contribution in [0, 0.1) is 6.92 Å². The van der Waals surface area contributed by atoms with Gasteiger partial charge in [0.15, 0.2) is 0 Å². The molecule has 0 saturated heterocycles. The Morgan fingerprint density at radius 1 is 1.04 bits per heavy atom. The van der Waals surface area contributed by atoms with Crippen LogP contribution in [0.1, 0.15) is 12.5 Å². The van der Waals surface area contributed by atoms with E-state index in [0.717, 1.165) is 16.1 Å². The van der Waals surface area contributed by atoms with Crippen LogP contribution in [0.2, 0.25) is 0 Å². The van der Waals surface area contributed by atoms with Gasteiger partial charge in [0, 0.05) is 5.69 Å². The number of nitrogens with one attached hydrogen (secondary N) is 1. The van der Waals surface area contributed by atoms with Gasteiger partial charge in [0.25, 0.3) is 0 Å². The number of benzene rings is 2. The van der Waals surface area contributed by atoms with Crippen LogP contribution in [0.4, 0.5) is 11.4 Å². The lowest BCUT2D eigenvalue weighted by Crippen LogP contribution is -2.45. The van der Waals surface area contributed by atoms with Gasteiger partial charge in [0.2, 0.25) is 15.9 Å². The topological polar surface area (TPSA) is 66.5 Å². The number of para-hydroxylation sites is 2. The van der Waals surface area contributed by atoms with Gasteiger partial charge < -0.3 is 5.32 Å². The van der Waals surface area contributed by atoms with Crippen LogP contribution in [0.15, 0.2) is 54.6 Å². The lowest BCUT2D eigenvalue weighted by atomic mass is 10.2. The zero-order valence-corrected chi connectivity index (χ0v) is 14.2. The molecule has 0 bridgehead atoms. The van der Waals surface area contributed by atoms with Crippen LogP contribution in [0.5, 0.6) is 0 Å². The van der Waals surface area contributed by atoms with E-state index >= 15 is 0 Å². The summed E-state index contributed by atoms with van der Waals surface area (Å²) in [5.74, 6) is -0.381. The molecule has 6 heteroatoms. The first kappa shape index (κ1) is 17.0. The molecule has 2 rings (SSSR count). The lowest BCUT2D eigenvalue weighted by Gasteiger charge is -2.28. The molecular formula is C17H20N2O3S. The SMILES string of the molecule is Cc1ccccc1NC(=O)[C@H](C)N(c1ccccc1)S(C)(=O)=O. The molecule has 0 radical (unpaired) electrons. The summed E-state index contributed by atoms with van der Waals surface area (Å²) in [7, 11) is -3.59. The Morgan fingerprint density at radius 2 is 1.61 bits per heavy atom. The van der Waals surface area contributed by atoms with Gasteiger partial charge in [-0.05, 0) is 37.6 Å². The highest BCUT2D eigenvalue weighted by Gasteiger charge is 2.29. The minimum atomic E-state index is -3.59. The van der Waals surface area contributed by atoms with Crippen molar-refractivity contribution in [3.05, 3.63) is 60.2 Å². The van der Waals surface area contributed by atoms with Gasteiger partial charge in [-0.15, -0.1) is 0 Å². The van der Waals surface area contributed by atoms with E-state index in [2.05, 4.69) is 5.32 Å². The van der Waals surface area contributed by atoms with Crippen molar-refractivity contribution in [2.24, 2.45) is 0 Å². The van der Waals surface area contributed by atoms with Crippen LogP contribution in [-0.2, 0) is 14.8 Å². The summed E-state index contributed by atoms with van der Waals surface area (Å²) in [4.78, 5) is 12.5. The zero-order valence-electron chi connectivity index (χ0n) is 13.4. The van der Waals surface area contributed by atoms with E-state index in [9.17, 15) is 13.2 Å². The molecule has 0 fully saturated rings. The smallest absolute Gasteiger partial charge is 0.248 e. The molecule has 1 atom stereocenters. The van der Waals surface area contributed by atoms with Crippen LogP contribution in [0.25, 0.3) is 0 Å². The molecule has 5 nitrogen and oxygen atoms in total. The van der Waals surface area contributed by atoms with Crippen LogP contribution in [-0.4, -0.2) is 26.6 Å². The third-order valence-electron chi connectivity index (χ3n) is 3.50. The van der Waals surface area contributed by atoms with E-state index in [-0.39, 0.29) is 5.91 Å². The highest BCUT2D eigenvalue weighted by molar-refractivity contribution is 7.92. The van der Waals surface area contributed by atoms with Gasteiger partial charge in [0.1, 0.15) is 6.04 Å². The van der Waals surface area contributed by atoms with Gasteiger partial charge in [-0.1, -0.05) is 36.4 Å². The number of aryl methyl sites for hydroxylation is 1. The number of anilines is 2. The number of carbonyl (C=O) groups is 1. The van der Waals surface area contributed by atoms with Crippen molar-refractivity contribution in [3.8, 4) is 0 Å². The third kappa shape index (κ3) is 4.10. The number of hydrogen-bond donors (Lipinski definition) is 1. The zero-order chi connectivity index (χ0) is 17.0. The fraction of sp³-hybridized carbons (Fsp3) is 0.235. The average Bonchev–Trinajstić information content (AvgIpc) is 2.49. The molecule has 0 spiro atoms.